The Kier molecular flexibility index (Phi) is 5.70. The molecule has 7 heteroatoms. The molecule has 2 aromatic rings. The number of methoxy groups -OCH3 is 3. The molecule has 1 amide bonds. The highest BCUT2D eigenvalue weighted by atomic mass is 32.1. The van der Waals surface area contributed by atoms with Gasteiger partial charge in [0.05, 0.1) is 32.5 Å². The summed E-state index contributed by atoms with van der Waals surface area (Å²) in [5.41, 5.74) is 1.81. The number of nitrogens with one attached hydrogen (secondary N) is 1. The van der Waals surface area contributed by atoms with E-state index in [1.807, 2.05) is 0 Å². The van der Waals surface area contributed by atoms with Crippen LogP contribution >= 0.6 is 11.3 Å². The van der Waals surface area contributed by atoms with Gasteiger partial charge in [-0.3, -0.25) is 4.79 Å². The molecule has 1 aromatic carbocycles. The number of carbonyl (C=O) groups excluding carboxylic acids is 2. The lowest BCUT2D eigenvalue weighted by molar-refractivity contribution is 0.0601. The number of carbonyl (C=O) groups is 2. The molecule has 0 aliphatic heterocycles. The summed E-state index contributed by atoms with van der Waals surface area (Å²) >= 11 is 1.45. The van der Waals surface area contributed by atoms with Gasteiger partial charge < -0.3 is 19.5 Å². The Bertz CT molecular complexity index is 873. The number of para-hydroxylation sites is 1. The molecular weight excluding hydrogens is 366 g/mol. The zero-order valence-electron chi connectivity index (χ0n) is 15.9. The number of esters is 1. The van der Waals surface area contributed by atoms with Crippen molar-refractivity contribution in [1.82, 2.24) is 0 Å². The van der Waals surface area contributed by atoms with Crippen molar-refractivity contribution in [3.05, 3.63) is 39.8 Å². The predicted octanol–water partition coefficient (Wildman–Crippen LogP) is 3.93. The Balaban J connectivity index is 1.99. The second kappa shape index (κ2) is 8.00. The van der Waals surface area contributed by atoms with E-state index in [0.717, 1.165) is 29.7 Å². The van der Waals surface area contributed by atoms with Crippen LogP contribution in [0.1, 0.15) is 44.5 Å². The summed E-state index contributed by atoms with van der Waals surface area (Å²) in [6.45, 7) is 2.19. The molecule has 0 bridgehead atoms. The Labute approximate surface area is 162 Å². The van der Waals surface area contributed by atoms with E-state index in [2.05, 4.69) is 12.2 Å². The van der Waals surface area contributed by atoms with Crippen molar-refractivity contribution in [2.24, 2.45) is 5.92 Å². The fraction of sp³-hybridized carbons (Fsp3) is 0.400. The summed E-state index contributed by atoms with van der Waals surface area (Å²) in [6, 6.07) is 5.10. The highest BCUT2D eigenvalue weighted by Crippen LogP contribution is 2.40. The Hall–Kier alpha value is -2.54. The van der Waals surface area contributed by atoms with Gasteiger partial charge in [0.1, 0.15) is 5.00 Å². The summed E-state index contributed by atoms with van der Waals surface area (Å²) < 4.78 is 15.6. The molecule has 27 heavy (non-hydrogen) atoms. The molecule has 0 fully saturated rings. The highest BCUT2D eigenvalue weighted by Gasteiger charge is 2.29. The van der Waals surface area contributed by atoms with Gasteiger partial charge in [-0.05, 0) is 42.9 Å². The van der Waals surface area contributed by atoms with E-state index < -0.39 is 5.97 Å². The third kappa shape index (κ3) is 3.64. The molecule has 6 nitrogen and oxygen atoms in total. The van der Waals surface area contributed by atoms with Crippen molar-refractivity contribution in [2.75, 3.05) is 26.6 Å². The summed E-state index contributed by atoms with van der Waals surface area (Å²) in [5.74, 6) is 0.603. The minimum Gasteiger partial charge on any atom is -0.493 e. The monoisotopic (exact) mass is 389 g/mol. The minimum absolute atomic E-state index is 0.340. The normalized spacial score (nSPS) is 15.6. The number of rotatable bonds is 5. The molecule has 0 saturated heterocycles. The molecule has 1 aliphatic rings. The molecule has 0 radical (unpaired) electrons. The van der Waals surface area contributed by atoms with E-state index in [9.17, 15) is 9.59 Å². The third-order valence-electron chi connectivity index (χ3n) is 4.78. The van der Waals surface area contributed by atoms with Crippen LogP contribution in [0.25, 0.3) is 0 Å². The van der Waals surface area contributed by atoms with Crippen LogP contribution in [0.5, 0.6) is 11.5 Å². The molecule has 0 spiro atoms. The fourth-order valence-electron chi connectivity index (χ4n) is 3.39. The van der Waals surface area contributed by atoms with Gasteiger partial charge >= 0.3 is 5.97 Å². The molecule has 144 valence electrons. The first-order valence-corrected chi connectivity index (χ1v) is 9.57. The highest BCUT2D eigenvalue weighted by molar-refractivity contribution is 7.17. The third-order valence-corrected chi connectivity index (χ3v) is 5.95. The Morgan fingerprint density at radius 3 is 2.63 bits per heavy atom. The Morgan fingerprint density at radius 1 is 1.19 bits per heavy atom. The first kappa shape index (κ1) is 19.2. The van der Waals surface area contributed by atoms with Crippen molar-refractivity contribution < 1.29 is 23.8 Å². The number of hydrogen-bond donors (Lipinski definition) is 1. The quantitative estimate of drug-likeness (QED) is 0.785. The molecule has 1 heterocycles. The van der Waals surface area contributed by atoms with E-state index >= 15 is 0 Å². The summed E-state index contributed by atoms with van der Waals surface area (Å²) in [7, 11) is 4.36. The standard InChI is InChI=1S/C20H23NO5S/c1-11-8-9-12-15(10-11)27-19(16(12)20(23)26-4)21-18(22)13-6-5-7-14(24-2)17(13)25-3/h5-7,11H,8-10H2,1-4H3,(H,21,22). The molecule has 1 aliphatic carbocycles. The molecule has 3 rings (SSSR count). The van der Waals surface area contributed by atoms with Crippen molar-refractivity contribution >= 4 is 28.2 Å². The van der Waals surface area contributed by atoms with Gasteiger partial charge in [0.15, 0.2) is 11.5 Å². The van der Waals surface area contributed by atoms with Crippen LogP contribution in [-0.4, -0.2) is 33.2 Å². The number of fused-ring (bicyclic) bond motifs is 1. The second-order valence-electron chi connectivity index (χ2n) is 6.54. The smallest absolute Gasteiger partial charge is 0.341 e. The van der Waals surface area contributed by atoms with E-state index in [0.29, 0.717) is 33.5 Å². The molecule has 1 unspecified atom stereocenters. The van der Waals surface area contributed by atoms with Gasteiger partial charge in [-0.2, -0.15) is 0 Å². The summed E-state index contributed by atoms with van der Waals surface area (Å²) in [6.07, 6.45) is 2.74. The fourth-order valence-corrected chi connectivity index (χ4v) is 4.79. The predicted molar refractivity (Wildman–Crippen MR) is 104 cm³/mol. The van der Waals surface area contributed by atoms with Gasteiger partial charge in [0, 0.05) is 4.88 Å². The number of amides is 1. The van der Waals surface area contributed by atoms with Crippen LogP contribution in [0.2, 0.25) is 0 Å². The van der Waals surface area contributed by atoms with E-state index in [4.69, 9.17) is 14.2 Å². The van der Waals surface area contributed by atoms with Crippen molar-refractivity contribution in [1.29, 1.82) is 0 Å². The van der Waals surface area contributed by atoms with Crippen molar-refractivity contribution in [3.63, 3.8) is 0 Å². The average molecular weight is 389 g/mol. The van der Waals surface area contributed by atoms with Crippen LogP contribution in [0, 0.1) is 5.92 Å². The zero-order chi connectivity index (χ0) is 19.6. The summed E-state index contributed by atoms with van der Waals surface area (Å²) in [5, 5.41) is 3.41. The first-order valence-electron chi connectivity index (χ1n) is 8.75. The lowest BCUT2D eigenvalue weighted by Gasteiger charge is -2.18. The maximum absolute atomic E-state index is 12.9. The van der Waals surface area contributed by atoms with Crippen molar-refractivity contribution in [3.8, 4) is 11.5 Å². The second-order valence-corrected chi connectivity index (χ2v) is 7.65. The first-order chi connectivity index (χ1) is 13.0. The molecular formula is C20H23NO5S. The number of ether oxygens (including phenoxy) is 3. The molecule has 0 saturated carbocycles. The van der Waals surface area contributed by atoms with Crippen LogP contribution in [0.4, 0.5) is 5.00 Å². The van der Waals surface area contributed by atoms with Crippen LogP contribution in [0.3, 0.4) is 0 Å². The van der Waals surface area contributed by atoms with Gasteiger partial charge in [-0.15, -0.1) is 11.3 Å². The van der Waals surface area contributed by atoms with Crippen LogP contribution in [0.15, 0.2) is 18.2 Å². The SMILES string of the molecule is COC(=O)c1c(NC(=O)c2cccc(OC)c2OC)sc2c1CCC(C)C2. The van der Waals surface area contributed by atoms with Gasteiger partial charge in [-0.1, -0.05) is 13.0 Å². The van der Waals surface area contributed by atoms with Gasteiger partial charge in [0.2, 0.25) is 0 Å². The Morgan fingerprint density at radius 2 is 1.96 bits per heavy atom. The minimum atomic E-state index is -0.421. The number of hydrogen-bond acceptors (Lipinski definition) is 6. The molecule has 1 atom stereocenters. The van der Waals surface area contributed by atoms with Gasteiger partial charge in [-0.25, -0.2) is 4.79 Å². The zero-order valence-corrected chi connectivity index (χ0v) is 16.7. The topological polar surface area (TPSA) is 73.9 Å². The molecule has 1 N–H and O–H groups in total. The maximum atomic E-state index is 12.9. The lowest BCUT2D eigenvalue weighted by atomic mass is 9.88. The van der Waals surface area contributed by atoms with Crippen LogP contribution < -0.4 is 14.8 Å². The maximum Gasteiger partial charge on any atom is 0.341 e. The van der Waals surface area contributed by atoms with E-state index in [-0.39, 0.29) is 5.91 Å². The number of thiophene rings is 1. The average Bonchev–Trinajstić information content (AvgIpc) is 3.03. The van der Waals surface area contributed by atoms with Crippen molar-refractivity contribution in [2.45, 2.75) is 26.2 Å². The van der Waals surface area contributed by atoms with Gasteiger partial charge in [0.25, 0.3) is 5.91 Å². The largest absolute Gasteiger partial charge is 0.493 e. The summed E-state index contributed by atoms with van der Waals surface area (Å²) in [4.78, 5) is 26.4. The number of benzene rings is 1. The van der Waals surface area contributed by atoms with E-state index in [1.165, 1.54) is 32.7 Å². The lowest BCUT2D eigenvalue weighted by Crippen LogP contribution is -2.16. The molecule has 1 aromatic heterocycles. The van der Waals surface area contributed by atoms with E-state index in [1.54, 1.807) is 18.2 Å². The van der Waals surface area contributed by atoms with Crippen LogP contribution in [-0.2, 0) is 17.6 Å². The number of anilines is 1.